The maximum Gasteiger partial charge on any atom is 0.311 e. The quantitative estimate of drug-likeness (QED) is 0.542. The van der Waals surface area contributed by atoms with Gasteiger partial charge >= 0.3 is 5.69 Å². The van der Waals surface area contributed by atoms with E-state index in [0.717, 1.165) is 24.8 Å². The lowest BCUT2D eigenvalue weighted by Gasteiger charge is -2.26. The number of amides is 1. The second-order valence-electron chi connectivity index (χ2n) is 7.29. The van der Waals surface area contributed by atoms with Crippen LogP contribution in [0, 0.1) is 10.1 Å². The number of fused-ring (bicyclic) bond motifs is 1. The summed E-state index contributed by atoms with van der Waals surface area (Å²) in [5.41, 5.74) is 1.06. The molecule has 1 atom stereocenters. The molecule has 8 nitrogen and oxygen atoms in total. The van der Waals surface area contributed by atoms with Crippen molar-refractivity contribution in [2.45, 2.75) is 32.2 Å². The fourth-order valence-electron chi connectivity index (χ4n) is 3.98. The van der Waals surface area contributed by atoms with Crippen LogP contribution in [0.5, 0.6) is 17.2 Å². The normalized spacial score (nSPS) is 18.0. The number of rotatable bonds is 5. The molecule has 158 valence electrons. The smallest absolute Gasteiger partial charge is 0.311 e. The molecule has 0 bridgehead atoms. The van der Waals surface area contributed by atoms with Gasteiger partial charge in [-0.3, -0.25) is 14.9 Å². The standard InChI is InChI=1S/C22H24N2O6/c1-2-28-19-8-7-16(13-18(19)24(26)27)22(25)23-10-3-5-17(23)15-6-9-20-21(14-15)30-12-4-11-29-20/h6-9,13-14,17H,2-5,10-12H2,1H3/t17-/m1/s1. The van der Waals surface area contributed by atoms with Crippen molar-refractivity contribution in [1.82, 2.24) is 4.90 Å². The predicted molar refractivity (Wildman–Crippen MR) is 109 cm³/mol. The van der Waals surface area contributed by atoms with E-state index >= 15 is 0 Å². The average molecular weight is 412 g/mol. The zero-order chi connectivity index (χ0) is 21.1. The van der Waals surface area contributed by atoms with Crippen molar-refractivity contribution in [3.8, 4) is 17.2 Å². The number of ether oxygens (including phenoxy) is 3. The molecular formula is C22H24N2O6. The second kappa shape index (κ2) is 8.61. The van der Waals surface area contributed by atoms with Crippen LogP contribution in [-0.2, 0) is 0 Å². The van der Waals surface area contributed by atoms with E-state index in [1.165, 1.54) is 12.1 Å². The summed E-state index contributed by atoms with van der Waals surface area (Å²) in [6.45, 7) is 3.88. The van der Waals surface area contributed by atoms with Gasteiger partial charge in [-0.2, -0.15) is 0 Å². The topological polar surface area (TPSA) is 91.1 Å². The molecule has 2 aromatic rings. The summed E-state index contributed by atoms with van der Waals surface area (Å²) in [4.78, 5) is 25.9. The van der Waals surface area contributed by atoms with Crippen molar-refractivity contribution in [2.75, 3.05) is 26.4 Å². The minimum Gasteiger partial charge on any atom is -0.490 e. The third-order valence-electron chi connectivity index (χ3n) is 5.37. The number of carbonyl (C=O) groups excluding carboxylic acids is 1. The van der Waals surface area contributed by atoms with Gasteiger partial charge in [-0.1, -0.05) is 6.07 Å². The van der Waals surface area contributed by atoms with Crippen LogP contribution >= 0.6 is 0 Å². The molecule has 1 saturated heterocycles. The van der Waals surface area contributed by atoms with Crippen molar-refractivity contribution in [1.29, 1.82) is 0 Å². The Balaban J connectivity index is 1.61. The summed E-state index contributed by atoms with van der Waals surface area (Å²) < 4.78 is 16.8. The van der Waals surface area contributed by atoms with Crippen molar-refractivity contribution in [3.05, 3.63) is 57.6 Å². The number of nitro groups is 1. The third kappa shape index (κ3) is 3.90. The van der Waals surface area contributed by atoms with Crippen molar-refractivity contribution in [3.63, 3.8) is 0 Å². The van der Waals surface area contributed by atoms with E-state index in [-0.39, 0.29) is 28.9 Å². The second-order valence-corrected chi connectivity index (χ2v) is 7.29. The van der Waals surface area contributed by atoms with Crippen LogP contribution in [0.3, 0.4) is 0 Å². The summed E-state index contributed by atoms with van der Waals surface area (Å²) in [7, 11) is 0. The Kier molecular flexibility index (Phi) is 5.74. The lowest BCUT2D eigenvalue weighted by molar-refractivity contribution is -0.385. The highest BCUT2D eigenvalue weighted by Crippen LogP contribution is 2.39. The minimum absolute atomic E-state index is 0.111. The fraction of sp³-hybridized carbons (Fsp3) is 0.409. The summed E-state index contributed by atoms with van der Waals surface area (Å²) >= 11 is 0. The van der Waals surface area contributed by atoms with Crippen molar-refractivity contribution in [2.24, 2.45) is 0 Å². The average Bonchev–Trinajstić information content (AvgIpc) is 3.12. The summed E-state index contributed by atoms with van der Waals surface area (Å²) in [5.74, 6) is 1.35. The largest absolute Gasteiger partial charge is 0.490 e. The molecule has 2 aromatic carbocycles. The molecule has 0 radical (unpaired) electrons. The number of nitrogens with zero attached hydrogens (tertiary/aromatic N) is 2. The van der Waals surface area contributed by atoms with Crippen molar-refractivity contribution >= 4 is 11.6 Å². The lowest BCUT2D eigenvalue weighted by Crippen LogP contribution is -2.30. The Bertz CT molecular complexity index is 961. The Labute approximate surface area is 174 Å². The number of hydrogen-bond acceptors (Lipinski definition) is 6. The Morgan fingerprint density at radius 2 is 1.97 bits per heavy atom. The number of hydrogen-bond donors (Lipinski definition) is 0. The van der Waals surface area contributed by atoms with E-state index < -0.39 is 4.92 Å². The van der Waals surface area contributed by atoms with Gasteiger partial charge in [0.15, 0.2) is 17.2 Å². The predicted octanol–water partition coefficient (Wildman–Crippen LogP) is 4.13. The van der Waals surface area contributed by atoms with E-state index in [1.807, 2.05) is 18.2 Å². The van der Waals surface area contributed by atoms with Gasteiger partial charge in [0, 0.05) is 24.6 Å². The molecule has 2 heterocycles. The molecule has 0 saturated carbocycles. The summed E-state index contributed by atoms with van der Waals surface area (Å²) in [5, 5.41) is 11.4. The molecule has 0 N–H and O–H groups in total. The zero-order valence-electron chi connectivity index (χ0n) is 16.8. The summed E-state index contributed by atoms with van der Waals surface area (Å²) in [6.07, 6.45) is 2.52. The molecule has 4 rings (SSSR count). The van der Waals surface area contributed by atoms with Gasteiger partial charge in [-0.05, 0) is 49.6 Å². The first-order valence-electron chi connectivity index (χ1n) is 10.2. The maximum atomic E-state index is 13.2. The van der Waals surface area contributed by atoms with Gasteiger partial charge in [0.05, 0.1) is 30.8 Å². The van der Waals surface area contributed by atoms with E-state index in [2.05, 4.69) is 0 Å². The molecule has 0 unspecified atom stereocenters. The molecule has 0 aromatic heterocycles. The van der Waals surface area contributed by atoms with Gasteiger partial charge < -0.3 is 19.1 Å². The third-order valence-corrected chi connectivity index (χ3v) is 5.37. The van der Waals surface area contributed by atoms with Gasteiger partial charge in [-0.15, -0.1) is 0 Å². The van der Waals surface area contributed by atoms with Gasteiger partial charge in [0.2, 0.25) is 0 Å². The van der Waals surface area contributed by atoms with E-state index in [4.69, 9.17) is 14.2 Å². The maximum absolute atomic E-state index is 13.2. The number of nitro benzene ring substituents is 1. The molecular weight excluding hydrogens is 388 g/mol. The molecule has 1 amide bonds. The minimum atomic E-state index is -0.521. The Hall–Kier alpha value is -3.29. The summed E-state index contributed by atoms with van der Waals surface area (Å²) in [6, 6.07) is 10.1. The van der Waals surface area contributed by atoms with Crippen molar-refractivity contribution < 1.29 is 23.9 Å². The Morgan fingerprint density at radius 3 is 2.73 bits per heavy atom. The molecule has 2 aliphatic heterocycles. The lowest BCUT2D eigenvalue weighted by atomic mass is 10.0. The molecule has 1 fully saturated rings. The van der Waals surface area contributed by atoms with Gasteiger partial charge in [-0.25, -0.2) is 0 Å². The molecule has 0 spiro atoms. The van der Waals surface area contributed by atoms with Gasteiger partial charge in [0.25, 0.3) is 5.91 Å². The van der Waals surface area contributed by atoms with E-state index in [1.54, 1.807) is 17.9 Å². The SMILES string of the molecule is CCOc1ccc(C(=O)N2CCC[C@@H]2c2ccc3c(c2)OCCCO3)cc1[N+](=O)[O-]. The first kappa shape index (κ1) is 20.0. The molecule has 8 heteroatoms. The molecule has 2 aliphatic rings. The number of benzene rings is 2. The zero-order valence-corrected chi connectivity index (χ0v) is 16.8. The van der Waals surface area contributed by atoms with Crippen LogP contribution in [0.15, 0.2) is 36.4 Å². The van der Waals surface area contributed by atoms with E-state index in [0.29, 0.717) is 37.9 Å². The van der Waals surface area contributed by atoms with Crippen LogP contribution in [0.25, 0.3) is 0 Å². The van der Waals surface area contributed by atoms with Gasteiger partial charge in [0.1, 0.15) is 0 Å². The molecule has 0 aliphatic carbocycles. The fourth-order valence-corrected chi connectivity index (χ4v) is 3.98. The van der Waals surface area contributed by atoms with Crippen LogP contribution in [0.1, 0.15) is 48.1 Å². The molecule has 30 heavy (non-hydrogen) atoms. The highest BCUT2D eigenvalue weighted by molar-refractivity contribution is 5.95. The first-order chi connectivity index (χ1) is 14.6. The Morgan fingerprint density at radius 1 is 1.17 bits per heavy atom. The van der Waals surface area contributed by atoms with Crippen LogP contribution in [0.2, 0.25) is 0 Å². The van der Waals surface area contributed by atoms with Crippen LogP contribution in [0.4, 0.5) is 5.69 Å². The number of likely N-dealkylation sites (tertiary alicyclic amines) is 1. The highest BCUT2D eigenvalue weighted by atomic mass is 16.6. The van der Waals surface area contributed by atoms with Crippen LogP contribution < -0.4 is 14.2 Å². The van der Waals surface area contributed by atoms with Crippen LogP contribution in [-0.4, -0.2) is 42.1 Å². The number of carbonyl (C=O) groups is 1. The highest BCUT2D eigenvalue weighted by Gasteiger charge is 2.32. The van der Waals surface area contributed by atoms with E-state index in [9.17, 15) is 14.9 Å². The monoisotopic (exact) mass is 412 g/mol. The first-order valence-corrected chi connectivity index (χ1v) is 10.2.